The van der Waals surface area contributed by atoms with E-state index in [-0.39, 0.29) is 6.10 Å². The SMILES string of the molecule is Cc1cc(N2C[C@H]3CC(O)C[C@H]3C2)nc(N(C)C)n1. The van der Waals surface area contributed by atoms with E-state index in [1.54, 1.807) is 0 Å². The van der Waals surface area contributed by atoms with Crippen LogP contribution in [0.5, 0.6) is 0 Å². The van der Waals surface area contributed by atoms with Gasteiger partial charge in [-0.2, -0.15) is 4.98 Å². The van der Waals surface area contributed by atoms with Gasteiger partial charge in [0, 0.05) is 38.9 Å². The van der Waals surface area contributed by atoms with E-state index in [1.165, 1.54) is 0 Å². The Bertz CT molecular complexity index is 463. The van der Waals surface area contributed by atoms with Crippen molar-refractivity contribution in [3.05, 3.63) is 11.8 Å². The molecule has 0 bridgehead atoms. The molecule has 5 nitrogen and oxygen atoms in total. The van der Waals surface area contributed by atoms with Crippen molar-refractivity contribution in [3.63, 3.8) is 0 Å². The Labute approximate surface area is 114 Å². The molecule has 19 heavy (non-hydrogen) atoms. The van der Waals surface area contributed by atoms with Crippen molar-refractivity contribution in [1.29, 1.82) is 0 Å². The van der Waals surface area contributed by atoms with Gasteiger partial charge in [-0.3, -0.25) is 0 Å². The van der Waals surface area contributed by atoms with Crippen LogP contribution < -0.4 is 9.80 Å². The molecule has 5 heteroatoms. The zero-order valence-corrected chi connectivity index (χ0v) is 11.9. The number of hydrogen-bond donors (Lipinski definition) is 1. The fourth-order valence-electron chi connectivity index (χ4n) is 3.35. The Morgan fingerprint density at radius 2 is 1.84 bits per heavy atom. The van der Waals surface area contributed by atoms with Crippen LogP contribution in [-0.4, -0.2) is 48.4 Å². The number of fused-ring (bicyclic) bond motifs is 1. The van der Waals surface area contributed by atoms with E-state index in [0.29, 0.717) is 11.8 Å². The Morgan fingerprint density at radius 1 is 1.21 bits per heavy atom. The number of rotatable bonds is 2. The van der Waals surface area contributed by atoms with E-state index < -0.39 is 0 Å². The molecular weight excluding hydrogens is 240 g/mol. The minimum atomic E-state index is -0.0818. The number of nitrogens with zero attached hydrogens (tertiary/aromatic N) is 4. The highest BCUT2D eigenvalue weighted by Gasteiger charge is 2.40. The van der Waals surface area contributed by atoms with Crippen LogP contribution >= 0.6 is 0 Å². The molecule has 1 unspecified atom stereocenters. The molecule has 0 amide bonds. The third-order valence-corrected chi connectivity index (χ3v) is 4.28. The summed E-state index contributed by atoms with van der Waals surface area (Å²) in [4.78, 5) is 13.4. The maximum Gasteiger partial charge on any atom is 0.226 e. The van der Waals surface area contributed by atoms with Crippen LogP contribution in [0.4, 0.5) is 11.8 Å². The molecular formula is C14H22N4O. The lowest BCUT2D eigenvalue weighted by molar-refractivity contribution is 0.174. The number of aliphatic hydroxyl groups is 1. The van der Waals surface area contributed by atoms with Gasteiger partial charge in [0.2, 0.25) is 5.95 Å². The van der Waals surface area contributed by atoms with E-state index in [4.69, 9.17) is 0 Å². The first-order valence-corrected chi connectivity index (χ1v) is 6.99. The van der Waals surface area contributed by atoms with Gasteiger partial charge in [-0.15, -0.1) is 0 Å². The van der Waals surface area contributed by atoms with Gasteiger partial charge in [-0.05, 0) is 31.6 Å². The summed E-state index contributed by atoms with van der Waals surface area (Å²) in [6.07, 6.45) is 1.82. The van der Waals surface area contributed by atoms with Crippen molar-refractivity contribution >= 4 is 11.8 Å². The second-order valence-corrected chi connectivity index (χ2v) is 6.11. The molecule has 1 aliphatic carbocycles. The Balaban J connectivity index is 1.80. The molecule has 1 N–H and O–H groups in total. The number of aliphatic hydroxyl groups excluding tert-OH is 1. The van der Waals surface area contributed by atoms with E-state index >= 15 is 0 Å². The minimum absolute atomic E-state index is 0.0818. The summed E-state index contributed by atoms with van der Waals surface area (Å²) in [5.74, 6) is 3.06. The first-order valence-electron chi connectivity index (χ1n) is 6.99. The molecule has 0 radical (unpaired) electrons. The molecule has 1 saturated carbocycles. The van der Waals surface area contributed by atoms with Crippen LogP contribution in [-0.2, 0) is 0 Å². The predicted octanol–water partition coefficient (Wildman–Crippen LogP) is 1.06. The molecule has 0 spiro atoms. The third-order valence-electron chi connectivity index (χ3n) is 4.28. The van der Waals surface area contributed by atoms with Crippen molar-refractivity contribution < 1.29 is 5.11 Å². The number of aromatic nitrogens is 2. The fourth-order valence-corrected chi connectivity index (χ4v) is 3.35. The lowest BCUT2D eigenvalue weighted by atomic mass is 10.0. The molecule has 2 heterocycles. The summed E-state index contributed by atoms with van der Waals surface area (Å²) in [6.45, 7) is 4.05. The number of hydrogen-bond acceptors (Lipinski definition) is 5. The maximum atomic E-state index is 9.70. The van der Waals surface area contributed by atoms with E-state index in [9.17, 15) is 5.11 Å². The average Bonchev–Trinajstić information content (AvgIpc) is 2.85. The molecule has 1 aromatic rings. The number of aryl methyl sites for hydroxylation is 1. The smallest absolute Gasteiger partial charge is 0.226 e. The standard InChI is InChI=1S/C14H22N4O/c1-9-4-13(16-14(15-9)17(2)3)18-7-10-5-12(19)6-11(10)8-18/h4,10-12,19H,5-8H2,1-3H3/t10-,11+,12?. The first kappa shape index (κ1) is 12.7. The van der Waals surface area contributed by atoms with Crippen molar-refractivity contribution in [2.24, 2.45) is 11.8 Å². The van der Waals surface area contributed by atoms with Crippen LogP contribution in [0.25, 0.3) is 0 Å². The lowest BCUT2D eigenvalue weighted by Gasteiger charge is -2.21. The predicted molar refractivity (Wildman–Crippen MR) is 75.5 cm³/mol. The highest BCUT2D eigenvalue weighted by Crippen LogP contribution is 2.39. The summed E-state index contributed by atoms with van der Waals surface area (Å²) in [5, 5.41) is 9.70. The van der Waals surface area contributed by atoms with Gasteiger partial charge in [0.25, 0.3) is 0 Å². The summed E-state index contributed by atoms with van der Waals surface area (Å²) >= 11 is 0. The largest absolute Gasteiger partial charge is 0.393 e. The average molecular weight is 262 g/mol. The van der Waals surface area contributed by atoms with Crippen molar-refractivity contribution in [2.75, 3.05) is 37.0 Å². The molecule has 0 aromatic carbocycles. The summed E-state index contributed by atoms with van der Waals surface area (Å²) in [7, 11) is 3.93. The summed E-state index contributed by atoms with van der Waals surface area (Å²) in [5.41, 5.74) is 1.01. The normalized spacial score (nSPS) is 29.7. The van der Waals surface area contributed by atoms with Crippen LogP contribution in [0.15, 0.2) is 6.07 Å². The minimum Gasteiger partial charge on any atom is -0.393 e. The van der Waals surface area contributed by atoms with Crippen molar-refractivity contribution in [2.45, 2.75) is 25.9 Å². The monoisotopic (exact) mass is 262 g/mol. The van der Waals surface area contributed by atoms with Crippen molar-refractivity contribution in [3.8, 4) is 0 Å². The van der Waals surface area contributed by atoms with Gasteiger partial charge in [0.05, 0.1) is 6.10 Å². The quantitative estimate of drug-likeness (QED) is 0.863. The van der Waals surface area contributed by atoms with E-state index in [0.717, 1.165) is 43.4 Å². The van der Waals surface area contributed by atoms with Crippen LogP contribution in [0.2, 0.25) is 0 Å². The van der Waals surface area contributed by atoms with E-state index in [1.807, 2.05) is 25.9 Å². The molecule has 104 valence electrons. The Hall–Kier alpha value is -1.36. The molecule has 2 fully saturated rings. The van der Waals surface area contributed by atoms with Gasteiger partial charge in [0.15, 0.2) is 0 Å². The summed E-state index contributed by atoms with van der Waals surface area (Å²) in [6, 6.07) is 2.06. The van der Waals surface area contributed by atoms with Gasteiger partial charge < -0.3 is 14.9 Å². The molecule has 1 aliphatic heterocycles. The molecule has 3 rings (SSSR count). The third kappa shape index (κ3) is 2.39. The van der Waals surface area contributed by atoms with E-state index in [2.05, 4.69) is 20.9 Å². The zero-order valence-electron chi connectivity index (χ0n) is 11.9. The van der Waals surface area contributed by atoms with Crippen LogP contribution in [0.1, 0.15) is 18.5 Å². The fraction of sp³-hybridized carbons (Fsp3) is 0.714. The van der Waals surface area contributed by atoms with Crippen LogP contribution in [0.3, 0.4) is 0 Å². The highest BCUT2D eigenvalue weighted by molar-refractivity contribution is 5.46. The maximum absolute atomic E-state index is 9.70. The molecule has 1 saturated heterocycles. The number of anilines is 2. The second-order valence-electron chi connectivity index (χ2n) is 6.11. The van der Waals surface area contributed by atoms with Gasteiger partial charge >= 0.3 is 0 Å². The highest BCUT2D eigenvalue weighted by atomic mass is 16.3. The topological polar surface area (TPSA) is 52.5 Å². The molecule has 2 aliphatic rings. The molecule has 3 atom stereocenters. The lowest BCUT2D eigenvalue weighted by Crippen LogP contribution is -2.25. The van der Waals surface area contributed by atoms with Gasteiger partial charge in [0.1, 0.15) is 5.82 Å². The molecule has 1 aromatic heterocycles. The first-order chi connectivity index (χ1) is 9.02. The van der Waals surface area contributed by atoms with Crippen molar-refractivity contribution in [1.82, 2.24) is 9.97 Å². The van der Waals surface area contributed by atoms with Gasteiger partial charge in [-0.25, -0.2) is 4.98 Å². The summed E-state index contributed by atoms with van der Waals surface area (Å²) < 4.78 is 0. The van der Waals surface area contributed by atoms with Gasteiger partial charge in [-0.1, -0.05) is 0 Å². The second kappa shape index (κ2) is 4.63. The van der Waals surface area contributed by atoms with Crippen LogP contribution in [0, 0.1) is 18.8 Å². The Kier molecular flexibility index (Phi) is 3.09. The Morgan fingerprint density at radius 3 is 2.42 bits per heavy atom. The zero-order chi connectivity index (χ0) is 13.6.